The Labute approximate surface area is 158 Å². The smallest absolute Gasteiger partial charge is 0.131 e. The summed E-state index contributed by atoms with van der Waals surface area (Å²) in [4.78, 5) is 0. The van der Waals surface area contributed by atoms with Crippen molar-refractivity contribution >= 4 is 10.8 Å². The summed E-state index contributed by atoms with van der Waals surface area (Å²) < 4.78 is 27.8. The van der Waals surface area contributed by atoms with E-state index in [1.165, 1.54) is 23.1 Å². The fourth-order valence-corrected chi connectivity index (χ4v) is 3.48. The highest BCUT2D eigenvalue weighted by Crippen LogP contribution is 2.30. The van der Waals surface area contributed by atoms with Gasteiger partial charge in [0.15, 0.2) is 0 Å². The first kappa shape index (κ1) is 17.4. The minimum absolute atomic E-state index is 0.308. The molecule has 0 N–H and O–H groups in total. The third-order valence-corrected chi connectivity index (χ3v) is 4.90. The Hall–Kier alpha value is -3.00. The van der Waals surface area contributed by atoms with Crippen molar-refractivity contribution in [3.63, 3.8) is 0 Å². The Morgan fingerprint density at radius 2 is 1.26 bits per heavy atom. The van der Waals surface area contributed by atoms with Crippen LogP contribution in [0.1, 0.15) is 18.9 Å². The standard InChI is InChI=1S/C25H20F2/c1-2-3-17-4-5-20-15-21(7-6-19(20)14-17)22-10-13-24(25(27)16-22)18-8-11-23(26)12-9-18/h4-16H,2-3H2,1H3. The number of benzene rings is 4. The van der Waals surface area contributed by atoms with Gasteiger partial charge in [0.05, 0.1) is 0 Å². The van der Waals surface area contributed by atoms with Crippen molar-refractivity contribution in [2.75, 3.05) is 0 Å². The fourth-order valence-electron chi connectivity index (χ4n) is 3.48. The van der Waals surface area contributed by atoms with Crippen LogP contribution in [0.25, 0.3) is 33.0 Å². The molecule has 0 bridgehead atoms. The summed E-state index contributed by atoms with van der Waals surface area (Å²) in [6.07, 6.45) is 2.21. The molecular formula is C25H20F2. The van der Waals surface area contributed by atoms with Crippen molar-refractivity contribution in [2.45, 2.75) is 19.8 Å². The molecule has 27 heavy (non-hydrogen) atoms. The van der Waals surface area contributed by atoms with E-state index in [1.54, 1.807) is 24.3 Å². The second kappa shape index (κ2) is 7.32. The van der Waals surface area contributed by atoms with E-state index in [9.17, 15) is 8.78 Å². The summed E-state index contributed by atoms with van der Waals surface area (Å²) >= 11 is 0. The van der Waals surface area contributed by atoms with Gasteiger partial charge in [0, 0.05) is 5.56 Å². The molecule has 0 aliphatic heterocycles. The maximum Gasteiger partial charge on any atom is 0.131 e. The molecule has 0 aliphatic rings. The molecule has 4 aromatic rings. The summed E-state index contributed by atoms with van der Waals surface area (Å²) in [5.41, 5.74) is 4.30. The molecule has 0 atom stereocenters. The Balaban J connectivity index is 1.69. The van der Waals surface area contributed by atoms with Gasteiger partial charge in [0.2, 0.25) is 0 Å². The normalized spacial score (nSPS) is 11.1. The Bertz CT molecular complexity index is 1100. The number of halogens is 2. The average Bonchev–Trinajstić information content (AvgIpc) is 2.68. The molecule has 0 aliphatic carbocycles. The largest absolute Gasteiger partial charge is 0.207 e. The third-order valence-electron chi connectivity index (χ3n) is 4.90. The molecule has 0 saturated carbocycles. The lowest BCUT2D eigenvalue weighted by molar-refractivity contribution is 0.626. The van der Waals surface area contributed by atoms with Crippen LogP contribution in [0.4, 0.5) is 8.78 Å². The molecule has 4 rings (SSSR count). The summed E-state index contributed by atoms with van der Waals surface area (Å²) in [5.74, 6) is -0.633. The number of hydrogen-bond donors (Lipinski definition) is 0. The molecule has 0 amide bonds. The first-order chi connectivity index (χ1) is 13.1. The first-order valence-electron chi connectivity index (χ1n) is 9.22. The molecule has 0 aromatic heterocycles. The van der Waals surface area contributed by atoms with Gasteiger partial charge in [0.25, 0.3) is 0 Å². The van der Waals surface area contributed by atoms with Crippen LogP contribution in [-0.2, 0) is 6.42 Å². The van der Waals surface area contributed by atoms with E-state index >= 15 is 0 Å². The van der Waals surface area contributed by atoms with Gasteiger partial charge in [-0.1, -0.05) is 67.9 Å². The highest BCUT2D eigenvalue weighted by Gasteiger charge is 2.08. The second-order valence-corrected chi connectivity index (χ2v) is 6.85. The van der Waals surface area contributed by atoms with Crippen molar-refractivity contribution in [3.8, 4) is 22.3 Å². The van der Waals surface area contributed by atoms with E-state index in [2.05, 4.69) is 37.3 Å². The molecule has 0 radical (unpaired) electrons. The molecule has 0 heterocycles. The average molecular weight is 358 g/mol. The van der Waals surface area contributed by atoms with E-state index in [0.29, 0.717) is 11.1 Å². The summed E-state index contributed by atoms with van der Waals surface area (Å²) in [7, 11) is 0. The molecule has 134 valence electrons. The number of fused-ring (bicyclic) bond motifs is 1. The van der Waals surface area contributed by atoms with E-state index < -0.39 is 0 Å². The van der Waals surface area contributed by atoms with Crippen LogP contribution in [-0.4, -0.2) is 0 Å². The predicted molar refractivity (Wildman–Crippen MR) is 109 cm³/mol. The number of hydrogen-bond acceptors (Lipinski definition) is 0. The summed E-state index contributed by atoms with van der Waals surface area (Å²) in [6, 6.07) is 23.8. The number of aryl methyl sites for hydroxylation is 1. The second-order valence-electron chi connectivity index (χ2n) is 6.85. The van der Waals surface area contributed by atoms with Crippen LogP contribution in [0.5, 0.6) is 0 Å². The molecule has 0 fully saturated rings. The number of rotatable bonds is 4. The summed E-state index contributed by atoms with van der Waals surface area (Å²) in [5, 5.41) is 2.35. The van der Waals surface area contributed by atoms with Crippen LogP contribution < -0.4 is 0 Å². The zero-order valence-corrected chi connectivity index (χ0v) is 15.2. The van der Waals surface area contributed by atoms with Crippen molar-refractivity contribution < 1.29 is 8.78 Å². The van der Waals surface area contributed by atoms with Crippen molar-refractivity contribution in [1.29, 1.82) is 0 Å². The molecule has 0 spiro atoms. The first-order valence-corrected chi connectivity index (χ1v) is 9.22. The molecule has 0 unspecified atom stereocenters. The van der Waals surface area contributed by atoms with Gasteiger partial charge in [0.1, 0.15) is 11.6 Å². The third kappa shape index (κ3) is 3.61. The van der Waals surface area contributed by atoms with E-state index in [1.807, 2.05) is 12.1 Å². The van der Waals surface area contributed by atoms with Crippen LogP contribution in [0.2, 0.25) is 0 Å². The maximum atomic E-state index is 14.7. The molecule has 0 nitrogen and oxygen atoms in total. The maximum absolute atomic E-state index is 14.7. The topological polar surface area (TPSA) is 0 Å². The summed E-state index contributed by atoms with van der Waals surface area (Å²) in [6.45, 7) is 2.18. The zero-order valence-electron chi connectivity index (χ0n) is 15.2. The Morgan fingerprint density at radius 1 is 0.630 bits per heavy atom. The zero-order chi connectivity index (χ0) is 18.8. The van der Waals surface area contributed by atoms with Gasteiger partial charge >= 0.3 is 0 Å². The van der Waals surface area contributed by atoms with Crippen LogP contribution >= 0.6 is 0 Å². The minimum Gasteiger partial charge on any atom is -0.207 e. The van der Waals surface area contributed by atoms with Gasteiger partial charge in [-0.2, -0.15) is 0 Å². The lowest BCUT2D eigenvalue weighted by atomic mass is 9.97. The SMILES string of the molecule is CCCc1ccc2cc(-c3ccc(-c4ccc(F)cc4)c(F)c3)ccc2c1. The Kier molecular flexibility index (Phi) is 4.72. The molecule has 0 saturated heterocycles. The monoisotopic (exact) mass is 358 g/mol. The van der Waals surface area contributed by atoms with Gasteiger partial charge in [-0.05, 0) is 63.7 Å². The van der Waals surface area contributed by atoms with Gasteiger partial charge in [-0.15, -0.1) is 0 Å². The van der Waals surface area contributed by atoms with E-state index in [0.717, 1.165) is 29.4 Å². The van der Waals surface area contributed by atoms with Crippen molar-refractivity contribution in [2.24, 2.45) is 0 Å². The lowest BCUT2D eigenvalue weighted by Gasteiger charge is -2.09. The van der Waals surface area contributed by atoms with Crippen molar-refractivity contribution in [3.05, 3.63) is 96.1 Å². The predicted octanol–water partition coefficient (Wildman–Crippen LogP) is 7.40. The molecule has 2 heteroatoms. The lowest BCUT2D eigenvalue weighted by Crippen LogP contribution is -1.88. The van der Waals surface area contributed by atoms with E-state index in [-0.39, 0.29) is 11.6 Å². The van der Waals surface area contributed by atoms with Crippen LogP contribution in [0.3, 0.4) is 0 Å². The minimum atomic E-state index is -0.325. The van der Waals surface area contributed by atoms with Crippen LogP contribution in [0, 0.1) is 11.6 Å². The van der Waals surface area contributed by atoms with Crippen molar-refractivity contribution in [1.82, 2.24) is 0 Å². The Morgan fingerprint density at radius 3 is 2.00 bits per heavy atom. The fraction of sp³-hybridized carbons (Fsp3) is 0.120. The van der Waals surface area contributed by atoms with E-state index in [4.69, 9.17) is 0 Å². The molecule has 4 aromatic carbocycles. The highest BCUT2D eigenvalue weighted by molar-refractivity contribution is 5.88. The molecular weight excluding hydrogens is 338 g/mol. The van der Waals surface area contributed by atoms with Gasteiger partial charge in [-0.3, -0.25) is 0 Å². The van der Waals surface area contributed by atoms with Crippen LogP contribution in [0.15, 0.2) is 78.9 Å². The highest BCUT2D eigenvalue weighted by atomic mass is 19.1. The van der Waals surface area contributed by atoms with Gasteiger partial charge in [-0.25, -0.2) is 8.78 Å². The van der Waals surface area contributed by atoms with Gasteiger partial charge < -0.3 is 0 Å². The quantitative estimate of drug-likeness (QED) is 0.356.